The number of nitrogens with zero attached hydrogens (tertiary/aromatic N) is 5. The third-order valence-corrected chi connectivity index (χ3v) is 5.32. The quantitative estimate of drug-likeness (QED) is 0.522. The number of carbonyl (C=O) groups excluding carboxylic acids is 1. The molecule has 0 saturated carbocycles. The highest BCUT2D eigenvalue weighted by Crippen LogP contribution is 2.32. The number of aromatic nitrogens is 3. The molecule has 1 amide bonds. The summed E-state index contributed by atoms with van der Waals surface area (Å²) in [6.07, 6.45) is 4.45. The summed E-state index contributed by atoms with van der Waals surface area (Å²) in [5.74, 6) is 0.416. The van der Waals surface area contributed by atoms with Gasteiger partial charge in [-0.25, -0.2) is 8.91 Å². The molecule has 4 heterocycles. The average Bonchev–Trinajstić information content (AvgIpc) is 3.04. The number of likely N-dealkylation sites (tertiary alicyclic amines) is 1. The van der Waals surface area contributed by atoms with E-state index in [1.54, 1.807) is 46.1 Å². The molecule has 5 rings (SSSR count). The summed E-state index contributed by atoms with van der Waals surface area (Å²) in [7, 11) is 0. The van der Waals surface area contributed by atoms with Gasteiger partial charge in [0.25, 0.3) is 5.91 Å². The SMILES string of the molecule is Cc1c(C(=O)N2CC(C#N)C2)cn2nccc(Oc3ccc4ncc(F)cc4c3)c12. The maximum atomic E-state index is 13.5. The van der Waals surface area contributed by atoms with Gasteiger partial charge in [0.05, 0.1) is 35.5 Å². The number of pyridine rings is 1. The van der Waals surface area contributed by atoms with Crippen molar-refractivity contribution in [3.05, 3.63) is 65.9 Å². The minimum absolute atomic E-state index is 0.101. The molecule has 0 bridgehead atoms. The molecule has 1 saturated heterocycles. The van der Waals surface area contributed by atoms with Crippen LogP contribution in [0.4, 0.5) is 4.39 Å². The summed E-state index contributed by atoms with van der Waals surface area (Å²) in [4.78, 5) is 18.5. The number of hydrogen-bond acceptors (Lipinski definition) is 5. The number of ether oxygens (including phenoxy) is 1. The smallest absolute Gasteiger partial charge is 0.255 e. The Hall–Kier alpha value is -3.99. The summed E-state index contributed by atoms with van der Waals surface area (Å²) < 4.78 is 21.2. The van der Waals surface area contributed by atoms with Crippen molar-refractivity contribution in [3.8, 4) is 17.6 Å². The molecule has 1 aromatic carbocycles. The lowest BCUT2D eigenvalue weighted by atomic mass is 10.0. The predicted molar refractivity (Wildman–Crippen MR) is 107 cm³/mol. The first kappa shape index (κ1) is 18.1. The summed E-state index contributed by atoms with van der Waals surface area (Å²) in [5.41, 5.74) is 2.62. The third-order valence-electron chi connectivity index (χ3n) is 5.32. The molecule has 8 heteroatoms. The summed E-state index contributed by atoms with van der Waals surface area (Å²) in [6, 6.07) is 10.5. The number of hydrogen-bond donors (Lipinski definition) is 0. The zero-order valence-corrected chi connectivity index (χ0v) is 16.0. The van der Waals surface area contributed by atoms with Crippen molar-refractivity contribution in [3.63, 3.8) is 0 Å². The van der Waals surface area contributed by atoms with Crippen molar-refractivity contribution < 1.29 is 13.9 Å². The molecular formula is C22H16FN5O2. The van der Waals surface area contributed by atoms with Crippen LogP contribution in [0.5, 0.6) is 11.5 Å². The van der Waals surface area contributed by atoms with Crippen LogP contribution in [0.15, 0.2) is 48.9 Å². The van der Waals surface area contributed by atoms with Gasteiger partial charge in [-0.05, 0) is 36.8 Å². The van der Waals surface area contributed by atoms with Crippen LogP contribution in [0.2, 0.25) is 0 Å². The number of halogens is 1. The van der Waals surface area contributed by atoms with Gasteiger partial charge < -0.3 is 9.64 Å². The Balaban J connectivity index is 1.50. The topological polar surface area (TPSA) is 83.5 Å². The van der Waals surface area contributed by atoms with Gasteiger partial charge in [0.1, 0.15) is 17.1 Å². The van der Waals surface area contributed by atoms with Gasteiger partial charge >= 0.3 is 0 Å². The summed E-state index contributed by atoms with van der Waals surface area (Å²) in [6.45, 7) is 2.73. The second-order valence-electron chi connectivity index (χ2n) is 7.30. The van der Waals surface area contributed by atoms with Crippen LogP contribution in [0, 0.1) is 30.0 Å². The van der Waals surface area contributed by atoms with Crippen molar-refractivity contribution in [1.29, 1.82) is 5.26 Å². The fourth-order valence-corrected chi connectivity index (χ4v) is 3.69. The van der Waals surface area contributed by atoms with Gasteiger partial charge in [0.2, 0.25) is 0 Å². The van der Waals surface area contributed by atoms with Crippen molar-refractivity contribution in [2.24, 2.45) is 5.92 Å². The molecule has 1 aliphatic heterocycles. The van der Waals surface area contributed by atoms with E-state index in [1.807, 2.05) is 6.92 Å². The molecule has 3 aromatic heterocycles. The van der Waals surface area contributed by atoms with Gasteiger partial charge in [-0.15, -0.1) is 0 Å². The number of aryl methyl sites for hydroxylation is 1. The van der Waals surface area contributed by atoms with E-state index in [2.05, 4.69) is 16.2 Å². The Labute approximate surface area is 170 Å². The number of nitriles is 1. The maximum Gasteiger partial charge on any atom is 0.255 e. The van der Waals surface area contributed by atoms with E-state index >= 15 is 0 Å². The lowest BCUT2D eigenvalue weighted by Gasteiger charge is -2.35. The fourth-order valence-electron chi connectivity index (χ4n) is 3.69. The Morgan fingerprint density at radius 1 is 1.30 bits per heavy atom. The van der Waals surface area contributed by atoms with E-state index in [1.165, 1.54) is 12.3 Å². The van der Waals surface area contributed by atoms with Crippen molar-refractivity contribution in [2.45, 2.75) is 6.92 Å². The van der Waals surface area contributed by atoms with Crippen LogP contribution in [0.3, 0.4) is 0 Å². The molecule has 0 aliphatic carbocycles. The highest BCUT2D eigenvalue weighted by molar-refractivity contribution is 5.99. The molecule has 4 aromatic rings. The van der Waals surface area contributed by atoms with Crippen LogP contribution in [-0.2, 0) is 0 Å². The van der Waals surface area contributed by atoms with Crippen LogP contribution in [0.1, 0.15) is 15.9 Å². The molecule has 148 valence electrons. The van der Waals surface area contributed by atoms with E-state index < -0.39 is 5.82 Å². The molecule has 7 nitrogen and oxygen atoms in total. The molecule has 1 aliphatic rings. The second kappa shape index (κ2) is 6.81. The molecule has 0 atom stereocenters. The highest BCUT2D eigenvalue weighted by atomic mass is 19.1. The number of fused-ring (bicyclic) bond motifs is 2. The van der Waals surface area contributed by atoms with E-state index in [-0.39, 0.29) is 11.8 Å². The van der Waals surface area contributed by atoms with E-state index in [9.17, 15) is 9.18 Å². The largest absolute Gasteiger partial charge is 0.455 e. The first-order valence-corrected chi connectivity index (χ1v) is 9.42. The van der Waals surface area contributed by atoms with Crippen molar-refractivity contribution in [1.82, 2.24) is 19.5 Å². The Kier molecular flexibility index (Phi) is 4.10. The summed E-state index contributed by atoms with van der Waals surface area (Å²) >= 11 is 0. The minimum atomic E-state index is -0.416. The van der Waals surface area contributed by atoms with Crippen LogP contribution >= 0.6 is 0 Å². The first-order valence-electron chi connectivity index (χ1n) is 9.42. The predicted octanol–water partition coefficient (Wildman–Crippen LogP) is 3.72. The molecule has 0 spiro atoms. The highest BCUT2D eigenvalue weighted by Gasteiger charge is 2.32. The number of rotatable bonds is 3. The van der Waals surface area contributed by atoms with Crippen molar-refractivity contribution in [2.75, 3.05) is 13.1 Å². The molecule has 0 unspecified atom stereocenters. The zero-order valence-electron chi connectivity index (χ0n) is 16.0. The first-order chi connectivity index (χ1) is 14.5. The van der Waals surface area contributed by atoms with Gasteiger partial charge in [0.15, 0.2) is 5.75 Å². The number of benzene rings is 1. The Morgan fingerprint density at radius 3 is 2.93 bits per heavy atom. The number of amides is 1. The molecule has 1 fully saturated rings. The lowest BCUT2D eigenvalue weighted by molar-refractivity contribution is 0.0576. The monoisotopic (exact) mass is 401 g/mol. The van der Waals surface area contributed by atoms with Crippen LogP contribution in [-0.4, -0.2) is 38.5 Å². The van der Waals surface area contributed by atoms with E-state index in [0.717, 1.165) is 5.56 Å². The fraction of sp³-hybridized carbons (Fsp3) is 0.182. The van der Waals surface area contributed by atoms with Crippen molar-refractivity contribution >= 4 is 22.3 Å². The molecular weight excluding hydrogens is 385 g/mol. The Morgan fingerprint density at radius 2 is 2.13 bits per heavy atom. The second-order valence-corrected chi connectivity index (χ2v) is 7.30. The number of carbonyl (C=O) groups is 1. The van der Waals surface area contributed by atoms with E-state index in [4.69, 9.17) is 10.00 Å². The van der Waals surface area contributed by atoms with Gasteiger partial charge in [-0.1, -0.05) is 0 Å². The average molecular weight is 401 g/mol. The van der Waals surface area contributed by atoms with E-state index in [0.29, 0.717) is 46.6 Å². The molecule has 30 heavy (non-hydrogen) atoms. The summed E-state index contributed by atoms with van der Waals surface area (Å²) in [5, 5.41) is 13.9. The van der Waals surface area contributed by atoms with Gasteiger partial charge in [-0.3, -0.25) is 9.78 Å². The lowest BCUT2D eigenvalue weighted by Crippen LogP contribution is -2.49. The van der Waals surface area contributed by atoms with Gasteiger partial charge in [0, 0.05) is 30.7 Å². The standard InChI is InChI=1S/C22H16FN5O2/c1-13-18(22(29)27-10-14(8-24)11-27)12-28-21(13)20(4-5-26-28)30-17-2-3-19-15(7-17)6-16(23)9-25-19/h2-7,9,12,14H,10-11H2,1H3. The van der Waals surface area contributed by atoms with Gasteiger partial charge in [-0.2, -0.15) is 10.4 Å². The third kappa shape index (κ3) is 2.92. The van der Waals surface area contributed by atoms with Crippen LogP contribution < -0.4 is 4.74 Å². The Bertz CT molecular complexity index is 1350. The van der Waals surface area contributed by atoms with Crippen LogP contribution in [0.25, 0.3) is 16.4 Å². The normalized spacial score (nSPS) is 14.0. The molecule has 0 radical (unpaired) electrons. The zero-order chi connectivity index (χ0) is 20.8. The maximum absolute atomic E-state index is 13.5. The minimum Gasteiger partial charge on any atom is -0.455 e. The molecule has 0 N–H and O–H groups in total.